The molecular formula is C11H21N2NaO3. The molecule has 5 nitrogen and oxygen atoms in total. The predicted octanol–water partition coefficient (Wildman–Crippen LogP) is -2.96. The van der Waals surface area contributed by atoms with Gasteiger partial charge in [0.15, 0.2) is 0 Å². The molecule has 0 saturated carbocycles. The summed E-state index contributed by atoms with van der Waals surface area (Å²) in [5, 5.41) is 25.4. The average molecular weight is 252 g/mol. The SMILES string of the molecule is CCCC/C([O-])=C/NCCNCCC(=O)O.[Na+]. The minimum absolute atomic E-state index is 0. The smallest absolute Gasteiger partial charge is 0.874 e. The molecule has 0 aromatic rings. The van der Waals surface area contributed by atoms with Gasteiger partial charge in [-0.05, 0) is 12.6 Å². The molecule has 0 aromatic carbocycles. The number of hydrogen-bond acceptors (Lipinski definition) is 4. The fraction of sp³-hybridized carbons (Fsp3) is 0.727. The van der Waals surface area contributed by atoms with Crippen molar-refractivity contribution in [2.75, 3.05) is 19.6 Å². The van der Waals surface area contributed by atoms with Crippen LogP contribution in [0.5, 0.6) is 0 Å². The third kappa shape index (κ3) is 15.8. The van der Waals surface area contributed by atoms with E-state index in [1.54, 1.807) is 0 Å². The normalized spacial score (nSPS) is 10.8. The molecule has 0 heterocycles. The molecule has 0 aliphatic heterocycles. The predicted molar refractivity (Wildman–Crippen MR) is 60.7 cm³/mol. The molecule has 0 spiro atoms. The Balaban J connectivity index is 0. The zero-order valence-electron chi connectivity index (χ0n) is 10.8. The van der Waals surface area contributed by atoms with E-state index in [1.807, 2.05) is 6.92 Å². The summed E-state index contributed by atoms with van der Waals surface area (Å²) in [7, 11) is 0. The zero-order chi connectivity index (χ0) is 12.2. The minimum atomic E-state index is -0.804. The van der Waals surface area contributed by atoms with Gasteiger partial charge in [-0.1, -0.05) is 19.8 Å². The van der Waals surface area contributed by atoms with Crippen molar-refractivity contribution in [2.45, 2.75) is 32.6 Å². The molecular weight excluding hydrogens is 231 g/mol. The summed E-state index contributed by atoms with van der Waals surface area (Å²) in [6.07, 6.45) is 4.16. The van der Waals surface area contributed by atoms with Crippen LogP contribution in [0, 0.1) is 0 Å². The van der Waals surface area contributed by atoms with Crippen LogP contribution in [-0.2, 0) is 4.79 Å². The van der Waals surface area contributed by atoms with Gasteiger partial charge in [0, 0.05) is 19.6 Å². The van der Waals surface area contributed by atoms with Crippen molar-refractivity contribution < 1.29 is 44.6 Å². The van der Waals surface area contributed by atoms with Gasteiger partial charge in [-0.25, -0.2) is 0 Å². The Kier molecular flexibility index (Phi) is 15.6. The Morgan fingerprint density at radius 3 is 2.59 bits per heavy atom. The average Bonchev–Trinajstić information content (AvgIpc) is 2.24. The van der Waals surface area contributed by atoms with E-state index >= 15 is 0 Å². The summed E-state index contributed by atoms with van der Waals surface area (Å²) in [6, 6.07) is 0. The molecule has 94 valence electrons. The van der Waals surface area contributed by atoms with E-state index in [2.05, 4.69) is 10.6 Å². The largest absolute Gasteiger partial charge is 1.00 e. The molecule has 0 bridgehead atoms. The first-order valence-electron chi connectivity index (χ1n) is 5.68. The van der Waals surface area contributed by atoms with Gasteiger partial charge < -0.3 is 20.8 Å². The molecule has 0 rings (SSSR count). The minimum Gasteiger partial charge on any atom is -0.874 e. The molecule has 0 amide bonds. The maximum atomic E-state index is 11.2. The Morgan fingerprint density at radius 2 is 2.00 bits per heavy atom. The summed E-state index contributed by atoms with van der Waals surface area (Å²) in [4.78, 5) is 10.2. The molecule has 0 aliphatic rings. The van der Waals surface area contributed by atoms with E-state index in [9.17, 15) is 9.90 Å². The van der Waals surface area contributed by atoms with Crippen molar-refractivity contribution in [1.82, 2.24) is 10.6 Å². The number of hydrogen-bond donors (Lipinski definition) is 3. The summed E-state index contributed by atoms with van der Waals surface area (Å²) in [6.45, 7) is 3.80. The number of unbranched alkanes of at least 4 members (excludes halogenated alkanes) is 1. The monoisotopic (exact) mass is 252 g/mol. The van der Waals surface area contributed by atoms with Gasteiger partial charge in [0.1, 0.15) is 0 Å². The summed E-state index contributed by atoms with van der Waals surface area (Å²) in [5.41, 5.74) is 0. The van der Waals surface area contributed by atoms with Crippen LogP contribution < -0.4 is 45.3 Å². The molecule has 0 radical (unpaired) electrons. The maximum absolute atomic E-state index is 11.2. The fourth-order valence-corrected chi connectivity index (χ4v) is 1.09. The number of carbonyl (C=O) groups is 1. The number of carboxylic acid groups (broad SMARTS) is 1. The Bertz CT molecular complexity index is 223. The summed E-state index contributed by atoms with van der Waals surface area (Å²) >= 11 is 0. The standard InChI is InChI=1S/C11H22N2O3.Na/c1-2-3-4-10(14)9-13-8-7-12-6-5-11(15)16;/h9,12-14H,2-8H2,1H3,(H,15,16);/q;+1/p-1/b10-9-;. The van der Waals surface area contributed by atoms with E-state index in [0.717, 1.165) is 12.8 Å². The van der Waals surface area contributed by atoms with Crippen molar-refractivity contribution in [3.63, 3.8) is 0 Å². The van der Waals surface area contributed by atoms with Crippen molar-refractivity contribution in [2.24, 2.45) is 0 Å². The van der Waals surface area contributed by atoms with Gasteiger partial charge in [0.05, 0.1) is 6.42 Å². The third-order valence-corrected chi connectivity index (χ3v) is 2.00. The zero-order valence-corrected chi connectivity index (χ0v) is 12.8. The molecule has 0 atom stereocenters. The molecule has 6 heteroatoms. The molecule has 0 fully saturated rings. The number of carboxylic acids is 1. The van der Waals surface area contributed by atoms with Gasteiger partial charge in [-0.3, -0.25) is 4.79 Å². The van der Waals surface area contributed by atoms with Crippen LogP contribution in [0.2, 0.25) is 0 Å². The van der Waals surface area contributed by atoms with Crippen molar-refractivity contribution >= 4 is 5.97 Å². The van der Waals surface area contributed by atoms with Crippen LogP contribution in [-0.4, -0.2) is 30.7 Å². The first-order valence-corrected chi connectivity index (χ1v) is 5.68. The van der Waals surface area contributed by atoms with Crippen LogP contribution in [0.4, 0.5) is 0 Å². The van der Waals surface area contributed by atoms with E-state index in [1.165, 1.54) is 6.20 Å². The molecule has 17 heavy (non-hydrogen) atoms. The van der Waals surface area contributed by atoms with Crippen molar-refractivity contribution in [3.05, 3.63) is 12.0 Å². The van der Waals surface area contributed by atoms with Gasteiger partial charge in [0.25, 0.3) is 0 Å². The first-order chi connectivity index (χ1) is 7.66. The molecule has 0 saturated heterocycles. The van der Waals surface area contributed by atoms with Crippen LogP contribution in [0.15, 0.2) is 12.0 Å². The van der Waals surface area contributed by atoms with Gasteiger partial charge in [0.2, 0.25) is 0 Å². The maximum Gasteiger partial charge on any atom is 1.00 e. The quantitative estimate of drug-likeness (QED) is 0.220. The Morgan fingerprint density at radius 1 is 1.29 bits per heavy atom. The van der Waals surface area contributed by atoms with Crippen LogP contribution in [0.25, 0.3) is 0 Å². The van der Waals surface area contributed by atoms with E-state index in [0.29, 0.717) is 26.1 Å². The van der Waals surface area contributed by atoms with Crippen LogP contribution in [0.1, 0.15) is 32.6 Å². The Labute approximate surface area is 125 Å². The van der Waals surface area contributed by atoms with E-state index in [4.69, 9.17) is 5.11 Å². The van der Waals surface area contributed by atoms with E-state index < -0.39 is 5.97 Å². The van der Waals surface area contributed by atoms with Crippen LogP contribution in [0.3, 0.4) is 0 Å². The second-order valence-electron chi connectivity index (χ2n) is 3.56. The van der Waals surface area contributed by atoms with Crippen molar-refractivity contribution in [3.8, 4) is 0 Å². The number of aliphatic carboxylic acids is 1. The fourth-order valence-electron chi connectivity index (χ4n) is 1.09. The van der Waals surface area contributed by atoms with Crippen LogP contribution >= 0.6 is 0 Å². The molecule has 0 aromatic heterocycles. The molecule has 0 unspecified atom stereocenters. The summed E-state index contributed by atoms with van der Waals surface area (Å²) in [5.74, 6) is -0.686. The van der Waals surface area contributed by atoms with Crippen molar-refractivity contribution in [1.29, 1.82) is 0 Å². The number of rotatable bonds is 10. The topological polar surface area (TPSA) is 84.4 Å². The molecule has 3 N–H and O–H groups in total. The summed E-state index contributed by atoms with van der Waals surface area (Å²) < 4.78 is 0. The number of nitrogens with one attached hydrogen (secondary N) is 2. The van der Waals surface area contributed by atoms with E-state index in [-0.39, 0.29) is 41.7 Å². The second-order valence-corrected chi connectivity index (χ2v) is 3.56. The van der Waals surface area contributed by atoms with Gasteiger partial charge >= 0.3 is 35.5 Å². The van der Waals surface area contributed by atoms with Gasteiger partial charge in [-0.2, -0.15) is 0 Å². The first kappa shape index (κ1) is 19.1. The second kappa shape index (κ2) is 13.8. The number of allylic oxidation sites excluding steroid dienone is 1. The third-order valence-electron chi connectivity index (χ3n) is 2.00. The molecule has 0 aliphatic carbocycles. The van der Waals surface area contributed by atoms with Gasteiger partial charge in [-0.15, -0.1) is 5.76 Å². The Hall–Kier alpha value is -0.230.